The summed E-state index contributed by atoms with van der Waals surface area (Å²) in [5, 5.41) is 0. The first-order valence-corrected chi connectivity index (χ1v) is 12.3. The quantitative estimate of drug-likeness (QED) is 0.412. The number of fused-ring (bicyclic) bond motifs is 2. The third-order valence-corrected chi connectivity index (χ3v) is 8.11. The van der Waals surface area contributed by atoms with E-state index in [9.17, 15) is 12.8 Å². The number of pyridine rings is 2. The molecule has 5 heterocycles. The molecule has 2 aliphatic heterocycles. The van der Waals surface area contributed by atoms with E-state index in [1.165, 1.54) is 22.6 Å². The summed E-state index contributed by atoms with van der Waals surface area (Å²) < 4.78 is 55.1. The lowest BCUT2D eigenvalue weighted by Crippen LogP contribution is -2.39. The van der Waals surface area contributed by atoms with E-state index in [1.807, 2.05) is 10.6 Å². The third kappa shape index (κ3) is 3.39. The van der Waals surface area contributed by atoms with Gasteiger partial charge >= 0.3 is 0 Å². The van der Waals surface area contributed by atoms with Crippen LogP contribution in [0, 0.1) is 5.95 Å². The monoisotopic (exact) mass is 481 g/mol. The van der Waals surface area contributed by atoms with Crippen LogP contribution >= 0.6 is 0 Å². The predicted octanol–water partition coefficient (Wildman–Crippen LogP) is 3.39. The topological polar surface area (TPSA) is 99.4 Å². The number of imidazole rings is 1. The number of rotatable bonds is 4. The summed E-state index contributed by atoms with van der Waals surface area (Å²) in [6.07, 6.45) is 4.12. The van der Waals surface area contributed by atoms with Gasteiger partial charge in [-0.2, -0.15) is 8.70 Å². The Balaban J connectivity index is 1.31. The number of benzene rings is 1. The zero-order chi connectivity index (χ0) is 23.3. The molecule has 1 fully saturated rings. The van der Waals surface area contributed by atoms with Gasteiger partial charge in [-0.25, -0.2) is 23.4 Å². The minimum Gasteiger partial charge on any atom is -0.454 e. The largest absolute Gasteiger partial charge is 0.454 e. The molecular weight excluding hydrogens is 461 g/mol. The van der Waals surface area contributed by atoms with Crippen molar-refractivity contribution in [3.05, 3.63) is 60.8 Å². The van der Waals surface area contributed by atoms with Crippen molar-refractivity contribution in [3.63, 3.8) is 0 Å². The molecule has 6 rings (SSSR count). The van der Waals surface area contributed by atoms with Crippen LogP contribution in [-0.2, 0) is 10.0 Å². The van der Waals surface area contributed by atoms with Crippen molar-refractivity contribution >= 4 is 21.2 Å². The number of hydrogen-bond acceptors (Lipinski definition) is 7. The smallest absolute Gasteiger partial charge is 0.243 e. The number of sulfonamides is 1. The maximum Gasteiger partial charge on any atom is 0.243 e. The Bertz CT molecular complexity index is 1500. The molecule has 0 spiro atoms. The molecule has 11 heteroatoms. The van der Waals surface area contributed by atoms with Gasteiger partial charge in [0.2, 0.25) is 22.8 Å². The summed E-state index contributed by atoms with van der Waals surface area (Å²) in [6, 6.07) is 11.5. The van der Waals surface area contributed by atoms with Crippen molar-refractivity contribution < 1.29 is 22.3 Å². The lowest BCUT2D eigenvalue weighted by atomic mass is 10.1. The fourth-order valence-corrected chi connectivity index (χ4v) is 6.03. The molecule has 0 radical (unpaired) electrons. The first kappa shape index (κ1) is 21.0. The van der Waals surface area contributed by atoms with Gasteiger partial charge in [0.1, 0.15) is 11.3 Å². The van der Waals surface area contributed by atoms with E-state index in [2.05, 4.69) is 15.0 Å². The normalized spacial score (nSPS) is 16.9. The van der Waals surface area contributed by atoms with E-state index < -0.39 is 16.0 Å². The zero-order valence-corrected chi connectivity index (χ0v) is 18.8. The van der Waals surface area contributed by atoms with Crippen LogP contribution in [0.2, 0.25) is 0 Å². The maximum atomic E-state index is 14.6. The fourth-order valence-electron chi connectivity index (χ4n) is 4.55. The van der Waals surface area contributed by atoms with Gasteiger partial charge in [0.05, 0.1) is 10.5 Å². The van der Waals surface area contributed by atoms with Crippen molar-refractivity contribution in [2.45, 2.75) is 23.8 Å². The number of halogens is 1. The first-order chi connectivity index (χ1) is 16.5. The lowest BCUT2D eigenvalue weighted by Gasteiger charge is -2.32. The molecular formula is C23H20FN5O4S. The van der Waals surface area contributed by atoms with Gasteiger partial charge < -0.3 is 14.0 Å². The van der Waals surface area contributed by atoms with Crippen molar-refractivity contribution in [1.29, 1.82) is 0 Å². The summed E-state index contributed by atoms with van der Waals surface area (Å²) in [5.41, 5.74) is 1.57. The van der Waals surface area contributed by atoms with Crippen molar-refractivity contribution in [1.82, 2.24) is 23.8 Å². The molecule has 4 aromatic rings. The van der Waals surface area contributed by atoms with Crippen LogP contribution in [-0.4, -0.2) is 52.1 Å². The number of hydrogen-bond donors (Lipinski definition) is 0. The number of aromatic nitrogens is 4. The van der Waals surface area contributed by atoms with Crippen molar-refractivity contribution in [2.24, 2.45) is 0 Å². The summed E-state index contributed by atoms with van der Waals surface area (Å²) in [7, 11) is -3.70. The molecule has 34 heavy (non-hydrogen) atoms. The molecule has 0 N–H and O–H groups in total. The molecule has 1 saturated heterocycles. The van der Waals surface area contributed by atoms with Crippen LogP contribution in [0.3, 0.4) is 0 Å². The van der Waals surface area contributed by atoms with Crippen LogP contribution in [0.1, 0.15) is 18.9 Å². The highest BCUT2D eigenvalue weighted by Gasteiger charge is 2.33. The van der Waals surface area contributed by atoms with Crippen LogP contribution < -0.4 is 9.47 Å². The second-order valence-electron chi connectivity index (χ2n) is 8.14. The standard InChI is InChI=1S/C23H20FN5O4S/c24-21-17(3-1-9-25-21)22-27-18-4-2-10-26-23(18)29(22)15-7-11-28(12-8-15)34(30,31)16-5-6-19-20(13-16)33-14-32-19/h1-6,9-10,13,15H,7-8,11-12,14H2. The minimum absolute atomic E-state index is 0.0803. The van der Waals surface area contributed by atoms with E-state index in [0.717, 1.165) is 0 Å². The number of ether oxygens (including phenoxy) is 2. The van der Waals surface area contributed by atoms with E-state index in [4.69, 9.17) is 9.47 Å². The highest BCUT2D eigenvalue weighted by Crippen LogP contribution is 2.37. The van der Waals surface area contributed by atoms with Gasteiger partial charge in [-0.15, -0.1) is 0 Å². The van der Waals surface area contributed by atoms with Gasteiger partial charge in [0, 0.05) is 37.6 Å². The molecule has 0 unspecified atom stereocenters. The fraction of sp³-hybridized carbons (Fsp3) is 0.261. The maximum absolute atomic E-state index is 14.6. The highest BCUT2D eigenvalue weighted by atomic mass is 32.2. The van der Waals surface area contributed by atoms with Crippen LogP contribution in [0.25, 0.3) is 22.6 Å². The van der Waals surface area contributed by atoms with Gasteiger partial charge in [-0.3, -0.25) is 0 Å². The molecule has 1 aromatic carbocycles. The highest BCUT2D eigenvalue weighted by molar-refractivity contribution is 7.89. The van der Waals surface area contributed by atoms with Gasteiger partial charge in [0.25, 0.3) is 0 Å². The Hall–Kier alpha value is -3.57. The summed E-state index contributed by atoms with van der Waals surface area (Å²) in [5.74, 6) is 0.792. The van der Waals surface area contributed by atoms with Crippen LogP contribution in [0.5, 0.6) is 11.5 Å². The van der Waals surface area contributed by atoms with Crippen molar-refractivity contribution in [3.8, 4) is 22.9 Å². The van der Waals surface area contributed by atoms with E-state index >= 15 is 0 Å². The van der Waals surface area contributed by atoms with Gasteiger partial charge in [0.15, 0.2) is 17.1 Å². The van der Waals surface area contributed by atoms with Crippen LogP contribution in [0.4, 0.5) is 4.39 Å². The third-order valence-electron chi connectivity index (χ3n) is 6.22. The molecule has 0 amide bonds. The second-order valence-corrected chi connectivity index (χ2v) is 10.1. The Kier molecular flexibility index (Phi) is 4.96. The number of piperidine rings is 1. The molecule has 2 aliphatic rings. The minimum atomic E-state index is -3.70. The summed E-state index contributed by atoms with van der Waals surface area (Å²) in [4.78, 5) is 13.0. The summed E-state index contributed by atoms with van der Waals surface area (Å²) in [6.45, 7) is 0.697. The number of nitrogens with zero attached hydrogens (tertiary/aromatic N) is 5. The second kappa shape index (κ2) is 8.03. The molecule has 0 saturated carbocycles. The van der Waals surface area contributed by atoms with Crippen molar-refractivity contribution in [2.75, 3.05) is 19.9 Å². The first-order valence-electron chi connectivity index (χ1n) is 10.9. The Morgan fingerprint density at radius 2 is 1.74 bits per heavy atom. The molecule has 0 bridgehead atoms. The SMILES string of the molecule is O=S(=O)(c1ccc2c(c1)OCO2)N1CCC(n2c(-c3cccnc3F)nc3cccnc32)CC1. The molecule has 9 nitrogen and oxygen atoms in total. The molecule has 0 aliphatic carbocycles. The average molecular weight is 482 g/mol. The predicted molar refractivity (Wildman–Crippen MR) is 120 cm³/mol. The molecule has 174 valence electrons. The van der Waals surface area contributed by atoms with E-state index in [1.54, 1.807) is 30.5 Å². The van der Waals surface area contributed by atoms with Gasteiger partial charge in [-0.05, 0) is 49.2 Å². The van der Waals surface area contributed by atoms with Gasteiger partial charge in [-0.1, -0.05) is 0 Å². The van der Waals surface area contributed by atoms with E-state index in [-0.39, 0.29) is 23.3 Å². The Labute approximate surface area is 194 Å². The van der Waals surface area contributed by atoms with E-state index in [0.29, 0.717) is 54.4 Å². The zero-order valence-electron chi connectivity index (χ0n) is 18.0. The Morgan fingerprint density at radius 1 is 0.971 bits per heavy atom. The lowest BCUT2D eigenvalue weighted by molar-refractivity contribution is 0.174. The Morgan fingerprint density at radius 3 is 2.56 bits per heavy atom. The van der Waals surface area contributed by atoms with Crippen LogP contribution in [0.15, 0.2) is 59.8 Å². The molecule has 3 aromatic heterocycles. The molecule has 0 atom stereocenters. The summed E-state index contributed by atoms with van der Waals surface area (Å²) >= 11 is 0. The average Bonchev–Trinajstić information content (AvgIpc) is 3.48.